The number of methoxy groups -OCH3 is 1. The van der Waals surface area contributed by atoms with Gasteiger partial charge in [0.1, 0.15) is 16.8 Å². The van der Waals surface area contributed by atoms with Crippen molar-refractivity contribution in [2.45, 2.75) is 91.6 Å². The third-order valence-electron chi connectivity index (χ3n) is 2.76. The minimum absolute atomic E-state index is 0.460. The number of hydrogen-bond donors (Lipinski definition) is 0. The number of rotatable bonds is 4. The maximum Gasteiger partial charge on any atom is 0.420 e. The van der Waals surface area contributed by atoms with Crippen LogP contribution in [0.2, 0.25) is 0 Å². The zero-order valence-electron chi connectivity index (χ0n) is 18.5. The Morgan fingerprint density at radius 2 is 1.07 bits per heavy atom. The van der Waals surface area contributed by atoms with Crippen LogP contribution in [-0.4, -0.2) is 59.0 Å². The number of esters is 2. The number of imide groups is 1. The lowest BCUT2D eigenvalue weighted by molar-refractivity contribution is -0.164. The molecule has 0 bridgehead atoms. The van der Waals surface area contributed by atoms with Crippen LogP contribution < -0.4 is 0 Å². The van der Waals surface area contributed by atoms with Gasteiger partial charge in [-0.2, -0.15) is 4.90 Å². The monoisotopic (exact) mass is 403 g/mol. The highest BCUT2D eigenvalue weighted by Gasteiger charge is 2.43. The van der Waals surface area contributed by atoms with Gasteiger partial charge in [0.05, 0.1) is 13.5 Å². The molecule has 2 amide bonds. The zero-order valence-corrected chi connectivity index (χ0v) is 18.5. The van der Waals surface area contributed by atoms with Gasteiger partial charge in [0.15, 0.2) is 6.04 Å². The van der Waals surface area contributed by atoms with E-state index in [9.17, 15) is 19.2 Å². The minimum Gasteiger partial charge on any atom is -0.469 e. The van der Waals surface area contributed by atoms with Crippen LogP contribution in [0.5, 0.6) is 0 Å². The first-order valence-electron chi connectivity index (χ1n) is 8.91. The Morgan fingerprint density at radius 3 is 1.36 bits per heavy atom. The van der Waals surface area contributed by atoms with Gasteiger partial charge in [-0.3, -0.25) is 4.79 Å². The topological polar surface area (TPSA) is 108 Å². The van der Waals surface area contributed by atoms with Crippen LogP contribution in [0.1, 0.15) is 68.7 Å². The Hall–Kier alpha value is -2.32. The van der Waals surface area contributed by atoms with E-state index >= 15 is 0 Å². The van der Waals surface area contributed by atoms with Gasteiger partial charge >= 0.3 is 24.1 Å². The Morgan fingerprint density at radius 1 is 0.714 bits per heavy atom. The molecule has 0 heterocycles. The first-order valence-corrected chi connectivity index (χ1v) is 8.91. The molecule has 0 aromatic heterocycles. The van der Waals surface area contributed by atoms with Gasteiger partial charge in [-0.15, -0.1) is 0 Å². The fourth-order valence-corrected chi connectivity index (χ4v) is 1.84. The summed E-state index contributed by atoms with van der Waals surface area (Å²) in [5, 5.41) is 0. The smallest absolute Gasteiger partial charge is 0.420 e. The molecule has 162 valence electrons. The fourth-order valence-electron chi connectivity index (χ4n) is 1.84. The molecule has 0 aliphatic carbocycles. The normalized spacial score (nSPS) is 13.2. The lowest BCUT2D eigenvalue weighted by Gasteiger charge is -2.33. The molecule has 0 N–H and O–H groups in total. The van der Waals surface area contributed by atoms with Crippen molar-refractivity contribution in [3.05, 3.63) is 0 Å². The van der Waals surface area contributed by atoms with E-state index in [1.165, 1.54) is 0 Å². The Labute approximate surface area is 166 Å². The molecule has 0 radical (unpaired) electrons. The van der Waals surface area contributed by atoms with Gasteiger partial charge in [-0.25, -0.2) is 14.4 Å². The highest BCUT2D eigenvalue weighted by Crippen LogP contribution is 2.21. The van der Waals surface area contributed by atoms with E-state index in [4.69, 9.17) is 14.2 Å². The fraction of sp³-hybridized carbons (Fsp3) is 0.789. The van der Waals surface area contributed by atoms with Crippen LogP contribution in [-0.2, 0) is 28.5 Å². The summed E-state index contributed by atoms with van der Waals surface area (Å²) in [5.41, 5.74) is -2.83. The van der Waals surface area contributed by atoms with Crippen molar-refractivity contribution in [2.75, 3.05) is 7.11 Å². The van der Waals surface area contributed by atoms with E-state index in [2.05, 4.69) is 4.74 Å². The van der Waals surface area contributed by atoms with Crippen LogP contribution in [0.15, 0.2) is 0 Å². The molecule has 1 atom stereocenters. The third-order valence-corrected chi connectivity index (χ3v) is 2.76. The average Bonchev–Trinajstić information content (AvgIpc) is 2.40. The molecule has 0 aromatic carbocycles. The van der Waals surface area contributed by atoms with E-state index in [0.717, 1.165) is 7.11 Å². The molecule has 0 aliphatic rings. The van der Waals surface area contributed by atoms with Gasteiger partial charge < -0.3 is 18.9 Å². The molecule has 0 spiro atoms. The van der Waals surface area contributed by atoms with Crippen LogP contribution in [0, 0.1) is 0 Å². The summed E-state index contributed by atoms with van der Waals surface area (Å²) in [6.45, 7) is 14.4. The van der Waals surface area contributed by atoms with E-state index in [1.54, 1.807) is 62.3 Å². The molecule has 0 rings (SSSR count). The molecule has 0 fully saturated rings. The summed E-state index contributed by atoms with van der Waals surface area (Å²) in [6, 6.07) is -1.61. The number of ether oxygens (including phenoxy) is 4. The highest BCUT2D eigenvalue weighted by atomic mass is 16.6. The van der Waals surface area contributed by atoms with E-state index in [1.807, 2.05) is 0 Å². The number of hydrogen-bond acceptors (Lipinski definition) is 8. The molecule has 0 unspecified atom stereocenters. The van der Waals surface area contributed by atoms with Gasteiger partial charge in [0.2, 0.25) is 0 Å². The number of nitrogens with zero attached hydrogens (tertiary/aromatic N) is 1. The predicted octanol–water partition coefficient (Wildman–Crippen LogP) is 3.43. The van der Waals surface area contributed by atoms with Crippen molar-refractivity contribution in [1.29, 1.82) is 0 Å². The number of carbonyl (C=O) groups is 4. The SMILES string of the molecule is COC(=O)C[C@H](C(=O)OC(C)(C)C)N(C(=O)OC(C)(C)C)C(=O)OC(C)(C)C. The van der Waals surface area contributed by atoms with Crippen LogP contribution in [0.25, 0.3) is 0 Å². The molecule has 0 saturated carbocycles. The van der Waals surface area contributed by atoms with Gasteiger partial charge in [0.25, 0.3) is 0 Å². The molecular formula is C19H33NO8. The molecule has 9 nitrogen and oxygen atoms in total. The quantitative estimate of drug-likeness (QED) is 0.519. The maximum atomic E-state index is 12.7. The van der Waals surface area contributed by atoms with E-state index < -0.39 is 53.4 Å². The molecule has 28 heavy (non-hydrogen) atoms. The summed E-state index contributed by atoms with van der Waals surface area (Å²) < 4.78 is 20.4. The van der Waals surface area contributed by atoms with Crippen molar-refractivity contribution in [1.82, 2.24) is 4.90 Å². The Balaban J connectivity index is 6.10. The maximum absolute atomic E-state index is 12.7. The molecule has 0 aliphatic heterocycles. The summed E-state index contributed by atoms with van der Waals surface area (Å²) in [4.78, 5) is 50.4. The first kappa shape index (κ1) is 25.7. The minimum atomic E-state index is -1.61. The molecular weight excluding hydrogens is 370 g/mol. The van der Waals surface area contributed by atoms with Crippen molar-refractivity contribution in [2.24, 2.45) is 0 Å². The van der Waals surface area contributed by atoms with Crippen molar-refractivity contribution >= 4 is 24.1 Å². The summed E-state index contributed by atoms with van der Waals surface area (Å²) >= 11 is 0. The number of carbonyl (C=O) groups excluding carboxylic acids is 4. The van der Waals surface area contributed by atoms with E-state index in [0.29, 0.717) is 4.90 Å². The Kier molecular flexibility index (Phi) is 8.48. The molecule has 0 saturated heterocycles. The van der Waals surface area contributed by atoms with Crippen LogP contribution >= 0.6 is 0 Å². The zero-order chi connectivity index (χ0) is 22.5. The van der Waals surface area contributed by atoms with Crippen LogP contribution in [0.4, 0.5) is 9.59 Å². The lowest BCUT2D eigenvalue weighted by Crippen LogP contribution is -2.54. The van der Waals surface area contributed by atoms with Crippen LogP contribution in [0.3, 0.4) is 0 Å². The van der Waals surface area contributed by atoms with Crippen molar-refractivity contribution < 1.29 is 38.1 Å². The predicted molar refractivity (Wildman–Crippen MR) is 101 cm³/mol. The van der Waals surface area contributed by atoms with Crippen molar-refractivity contribution in [3.8, 4) is 0 Å². The van der Waals surface area contributed by atoms with Gasteiger partial charge in [-0.05, 0) is 62.3 Å². The second-order valence-electron chi connectivity index (χ2n) is 9.16. The average molecular weight is 403 g/mol. The largest absolute Gasteiger partial charge is 0.469 e. The first-order chi connectivity index (χ1) is 12.4. The van der Waals surface area contributed by atoms with Gasteiger partial charge in [0, 0.05) is 0 Å². The lowest BCUT2D eigenvalue weighted by atomic mass is 10.1. The number of amides is 2. The summed E-state index contributed by atoms with van der Waals surface area (Å²) in [5.74, 6) is -1.78. The second kappa shape index (κ2) is 9.25. The third kappa shape index (κ3) is 10.1. The standard InChI is InChI=1S/C19H33NO8/c1-17(2,3)26-14(22)12(11-13(21)25-10)20(15(23)27-18(4,5)6)16(24)28-19(7,8)9/h12H,11H2,1-10H3/t12-/m1/s1. The molecule has 9 heteroatoms. The Bertz CT molecular complexity index is 565. The van der Waals surface area contributed by atoms with Gasteiger partial charge in [-0.1, -0.05) is 0 Å². The summed E-state index contributed by atoms with van der Waals surface area (Å²) in [6.07, 6.45) is -2.88. The highest BCUT2D eigenvalue weighted by molar-refractivity contribution is 5.96. The van der Waals surface area contributed by atoms with Crippen molar-refractivity contribution in [3.63, 3.8) is 0 Å². The second-order valence-corrected chi connectivity index (χ2v) is 9.16. The van der Waals surface area contributed by atoms with E-state index in [-0.39, 0.29) is 0 Å². The molecule has 0 aromatic rings. The summed E-state index contributed by atoms with van der Waals surface area (Å²) in [7, 11) is 1.12.